The number of esters is 2. The Labute approximate surface area is 388 Å². The van der Waals surface area contributed by atoms with Crippen LogP contribution < -0.4 is 9.80 Å². The maximum Gasteiger partial charge on any atom is 0.339 e. The van der Waals surface area contributed by atoms with Crippen LogP contribution in [0.25, 0.3) is 0 Å². The number of halogens is 2. The second kappa shape index (κ2) is 14.9. The number of carbonyl (C=O) groups is 4. The summed E-state index contributed by atoms with van der Waals surface area (Å²) in [6, 6.07) is 32.4. The number of methoxy groups -OCH3 is 2. The van der Waals surface area contributed by atoms with Crippen LogP contribution in [0.2, 0.25) is 10.0 Å². The second-order valence-corrected chi connectivity index (χ2v) is 17.9. The largest absolute Gasteiger partial charge is 0.466 e. The van der Waals surface area contributed by atoms with Gasteiger partial charge in [-0.3, -0.25) is 9.59 Å². The van der Waals surface area contributed by atoms with Crippen molar-refractivity contribution in [2.24, 2.45) is 17.3 Å². The highest BCUT2D eigenvalue weighted by molar-refractivity contribution is 6.31. The van der Waals surface area contributed by atoms with Gasteiger partial charge < -0.3 is 38.5 Å². The molecular weight excluding hydrogens is 883 g/mol. The van der Waals surface area contributed by atoms with Crippen LogP contribution in [-0.4, -0.2) is 66.3 Å². The highest BCUT2D eigenvalue weighted by Gasteiger charge is 2.72. The Morgan fingerprint density at radius 2 is 1.24 bits per heavy atom. The monoisotopic (exact) mass is 918 g/mol. The number of hydrogen-bond acceptors (Lipinski definition) is 12. The summed E-state index contributed by atoms with van der Waals surface area (Å²) in [6.45, 7) is 0.230. The fourth-order valence-corrected chi connectivity index (χ4v) is 11.4. The quantitative estimate of drug-likeness (QED) is 0.188. The molecule has 0 radical (unpaired) electrons. The molecule has 1 saturated heterocycles. The molecule has 7 aliphatic heterocycles. The number of nitrogens with zero attached hydrogens (tertiary/aromatic N) is 6. The highest BCUT2D eigenvalue weighted by Crippen LogP contribution is 2.64. The lowest BCUT2D eigenvalue weighted by atomic mass is 9.54. The predicted octanol–water partition coefficient (Wildman–Crippen LogP) is 6.72. The van der Waals surface area contributed by atoms with Gasteiger partial charge in [-0.05, 0) is 59.7 Å². The first-order valence-electron chi connectivity index (χ1n) is 21.0. The van der Waals surface area contributed by atoms with Gasteiger partial charge in [-0.2, -0.15) is 10.5 Å². The molecule has 16 heteroatoms. The van der Waals surface area contributed by atoms with E-state index in [1.165, 1.54) is 36.4 Å². The average molecular weight is 920 g/mol. The van der Waals surface area contributed by atoms with E-state index in [0.717, 1.165) is 11.1 Å². The molecule has 4 aromatic rings. The summed E-state index contributed by atoms with van der Waals surface area (Å²) in [4.78, 5) is 65.3. The summed E-state index contributed by atoms with van der Waals surface area (Å²) < 4.78 is 25.1. The van der Waals surface area contributed by atoms with E-state index < -0.39 is 70.7 Å². The number of rotatable bonds is 6. The first kappa shape index (κ1) is 41.5. The van der Waals surface area contributed by atoms with Crippen LogP contribution in [0, 0.1) is 39.9 Å². The summed E-state index contributed by atoms with van der Waals surface area (Å²) in [5, 5.41) is 23.0. The topological polar surface area (TPSA) is 166 Å². The van der Waals surface area contributed by atoms with Crippen molar-refractivity contribution in [2.75, 3.05) is 24.0 Å². The third-order valence-electron chi connectivity index (χ3n) is 13.9. The molecule has 8 aliphatic rings. The molecule has 2 amide bonds. The Balaban J connectivity index is 1.09. The lowest BCUT2D eigenvalue weighted by molar-refractivity contribution is -0.253. The summed E-state index contributed by atoms with van der Waals surface area (Å²) in [5.41, 5.74) is -2.81. The second-order valence-electron chi connectivity index (χ2n) is 17.0. The Hall–Kier alpha value is -7.20. The molecule has 2 spiro atoms. The molecule has 0 N–H and O–H groups in total. The van der Waals surface area contributed by atoms with Crippen LogP contribution in [0.5, 0.6) is 0 Å². The van der Waals surface area contributed by atoms with Gasteiger partial charge in [0.15, 0.2) is 0 Å². The number of ether oxygens (including phenoxy) is 4. The number of carbonyl (C=O) groups excluding carboxylic acids is 4. The van der Waals surface area contributed by atoms with Gasteiger partial charge in [0.05, 0.1) is 68.0 Å². The lowest BCUT2D eigenvalue weighted by Crippen LogP contribution is -2.73. The molecule has 8 atom stereocenters. The van der Waals surface area contributed by atoms with Crippen LogP contribution in [-0.2, 0) is 62.4 Å². The number of benzene rings is 4. The molecule has 12 rings (SSSR count). The van der Waals surface area contributed by atoms with Crippen LogP contribution >= 0.6 is 23.2 Å². The van der Waals surface area contributed by atoms with Crippen molar-refractivity contribution < 1.29 is 38.1 Å². The number of piperidine rings is 1. The van der Waals surface area contributed by atoms with Crippen molar-refractivity contribution in [3.8, 4) is 12.1 Å². The number of nitriles is 2. The van der Waals surface area contributed by atoms with Gasteiger partial charge in [0.2, 0.25) is 11.2 Å². The van der Waals surface area contributed by atoms with E-state index >= 15 is 9.59 Å². The van der Waals surface area contributed by atoms with Crippen LogP contribution in [0.15, 0.2) is 145 Å². The van der Waals surface area contributed by atoms with E-state index in [1.54, 1.807) is 64.6 Å². The van der Waals surface area contributed by atoms with Crippen molar-refractivity contribution in [1.82, 2.24) is 9.80 Å². The van der Waals surface area contributed by atoms with E-state index in [4.69, 9.17) is 42.1 Å². The Kier molecular flexibility index (Phi) is 9.38. The molecule has 1 fully saturated rings. The fourth-order valence-electron chi connectivity index (χ4n) is 11.1. The van der Waals surface area contributed by atoms with E-state index in [-0.39, 0.29) is 51.0 Å². The maximum absolute atomic E-state index is 15.4. The summed E-state index contributed by atoms with van der Waals surface area (Å²) >= 11 is 13.4. The summed E-state index contributed by atoms with van der Waals surface area (Å²) in [6.07, 6.45) is 5.51. The van der Waals surface area contributed by atoms with Crippen molar-refractivity contribution >= 4 is 58.3 Å². The van der Waals surface area contributed by atoms with Gasteiger partial charge in [-0.25, -0.2) is 9.59 Å². The van der Waals surface area contributed by atoms with Crippen molar-refractivity contribution in [3.63, 3.8) is 0 Å². The van der Waals surface area contributed by atoms with E-state index in [2.05, 4.69) is 12.1 Å². The molecule has 7 heterocycles. The maximum atomic E-state index is 15.4. The summed E-state index contributed by atoms with van der Waals surface area (Å²) in [5.74, 6) is -4.98. The molecular formula is C50H36Cl2N6O8. The third-order valence-corrected chi connectivity index (χ3v) is 14.4. The Morgan fingerprint density at radius 1 is 0.727 bits per heavy atom. The number of hydrogen-bond donors (Lipinski definition) is 0. The lowest BCUT2D eigenvalue weighted by Gasteiger charge is -2.64. The van der Waals surface area contributed by atoms with E-state index in [1.807, 2.05) is 60.7 Å². The fraction of sp³-hybridized carbons (Fsp3) is 0.240. The van der Waals surface area contributed by atoms with Crippen LogP contribution in [0.4, 0.5) is 11.4 Å². The SMILES string of the molecule is COC(=O)C1=CN2C=CC3(C#N)C(C4C(C#N)=CC3N3C=C(C(=O)OC)C5(OC43)C(=O)N(Cc3ccccc3)c3ccc(Cl)cc35)C2OC12C(=O)N(Cc1ccccc1)c1ccc(Cl)cc12. The zero-order valence-electron chi connectivity index (χ0n) is 35.1. The van der Waals surface area contributed by atoms with Gasteiger partial charge in [0.25, 0.3) is 11.8 Å². The standard InChI is InChI=1S/C50H36Cl2N6O8/c1-63-44(59)35-25-55-18-17-48(27-54)39-19-30(22-53)40(41(48)43(55)66-49(35)33-20-31(51)13-15-37(33)56(46(49)61)23-28-9-5-3-6-10-28)42-58(39)26-36(45(60)64-2)50(65-42)34-21-32(52)14-16-38(34)57(47(50)62)24-29-11-7-4-8-12-29/h3-21,25-26,39-43H,23-24H2,1-2H3. The van der Waals surface area contributed by atoms with Gasteiger partial charge in [0.1, 0.15) is 17.9 Å². The molecule has 328 valence electrons. The molecule has 14 nitrogen and oxygen atoms in total. The predicted molar refractivity (Wildman–Crippen MR) is 237 cm³/mol. The Morgan fingerprint density at radius 3 is 1.74 bits per heavy atom. The molecule has 1 aliphatic carbocycles. The van der Waals surface area contributed by atoms with Gasteiger partial charge in [-0.1, -0.05) is 83.9 Å². The minimum Gasteiger partial charge on any atom is -0.466 e. The Bertz CT molecular complexity index is 3040. The van der Waals surface area contributed by atoms with Crippen LogP contribution in [0.3, 0.4) is 0 Å². The molecule has 4 aromatic carbocycles. The minimum atomic E-state index is -2.15. The van der Waals surface area contributed by atoms with Gasteiger partial charge in [-0.15, -0.1) is 0 Å². The van der Waals surface area contributed by atoms with Crippen molar-refractivity contribution in [1.29, 1.82) is 10.5 Å². The normalized spacial score (nSPS) is 29.5. The molecule has 8 unspecified atom stereocenters. The smallest absolute Gasteiger partial charge is 0.339 e. The van der Waals surface area contributed by atoms with Gasteiger partial charge in [0, 0.05) is 57.2 Å². The zero-order chi connectivity index (χ0) is 45.9. The van der Waals surface area contributed by atoms with Crippen molar-refractivity contribution in [2.45, 2.75) is 42.8 Å². The zero-order valence-corrected chi connectivity index (χ0v) is 36.6. The molecule has 0 saturated carbocycles. The van der Waals surface area contributed by atoms with E-state index in [0.29, 0.717) is 11.4 Å². The summed E-state index contributed by atoms with van der Waals surface area (Å²) in [7, 11) is 2.41. The van der Waals surface area contributed by atoms with Gasteiger partial charge >= 0.3 is 11.9 Å². The first-order valence-corrected chi connectivity index (χ1v) is 21.8. The van der Waals surface area contributed by atoms with Crippen molar-refractivity contribution in [3.05, 3.63) is 177 Å². The third kappa shape index (κ3) is 5.47. The average Bonchev–Trinajstić information content (AvgIpc) is 3.69. The highest BCUT2D eigenvalue weighted by atomic mass is 35.5. The molecule has 0 aromatic heterocycles. The number of anilines is 2. The van der Waals surface area contributed by atoms with E-state index in [9.17, 15) is 20.1 Å². The number of amides is 2. The molecule has 66 heavy (non-hydrogen) atoms. The van der Waals surface area contributed by atoms with Crippen LogP contribution in [0.1, 0.15) is 22.3 Å². The minimum absolute atomic E-state index is 0.113. The molecule has 2 bridgehead atoms. The number of fused-ring (bicyclic) bond motifs is 5. The first-order chi connectivity index (χ1) is 31.9.